The minimum absolute atomic E-state index is 0.453. The minimum atomic E-state index is 0.453. The lowest BCUT2D eigenvalue weighted by atomic mass is 10.2. The van der Waals surface area contributed by atoms with Crippen LogP contribution in [0.5, 0.6) is 0 Å². The van der Waals surface area contributed by atoms with Gasteiger partial charge in [-0.15, -0.1) is 0 Å². The first kappa shape index (κ1) is 12.1. The van der Waals surface area contributed by atoms with Gasteiger partial charge in [-0.25, -0.2) is 0 Å². The Morgan fingerprint density at radius 3 is 2.75 bits per heavy atom. The highest BCUT2D eigenvalue weighted by Crippen LogP contribution is 2.01. The number of methoxy groups -OCH3 is 1. The van der Waals surface area contributed by atoms with Crippen molar-refractivity contribution in [1.29, 1.82) is 0 Å². The van der Waals surface area contributed by atoms with Gasteiger partial charge in [-0.2, -0.15) is 0 Å². The van der Waals surface area contributed by atoms with Gasteiger partial charge in [-0.05, 0) is 6.42 Å². The van der Waals surface area contributed by atoms with Gasteiger partial charge in [0.05, 0.1) is 6.61 Å². The predicted molar refractivity (Wildman–Crippen MR) is 56.6 cm³/mol. The number of hydrogen-bond donors (Lipinski definition) is 1. The fourth-order valence-corrected chi connectivity index (χ4v) is 1.21. The molecule has 0 spiro atoms. The van der Waals surface area contributed by atoms with E-state index in [-0.39, 0.29) is 0 Å². The molecule has 12 heavy (non-hydrogen) atoms. The summed E-state index contributed by atoms with van der Waals surface area (Å²) in [6, 6.07) is 0.453. The third-order valence-corrected chi connectivity index (χ3v) is 1.87. The maximum absolute atomic E-state index is 5.08. The highest BCUT2D eigenvalue weighted by Gasteiger charge is 2.05. The van der Waals surface area contributed by atoms with Gasteiger partial charge in [0.15, 0.2) is 0 Å². The molecule has 0 aromatic carbocycles. The first-order valence-corrected chi connectivity index (χ1v) is 5.05. The van der Waals surface area contributed by atoms with Gasteiger partial charge in [-0.1, -0.05) is 35.9 Å². The summed E-state index contributed by atoms with van der Waals surface area (Å²) < 4.78 is 6.07. The maximum Gasteiger partial charge on any atom is 0.0615 e. The molecule has 1 N–H and O–H groups in total. The molecule has 0 bridgehead atoms. The van der Waals surface area contributed by atoms with Crippen molar-refractivity contribution in [3.05, 3.63) is 11.1 Å². The SMILES string of the molecule is C=C(Br)CNC(CCC)COC. The molecule has 0 heterocycles. The molecule has 0 aromatic rings. The van der Waals surface area contributed by atoms with Crippen LogP contribution in [0.3, 0.4) is 0 Å². The molecule has 1 atom stereocenters. The van der Waals surface area contributed by atoms with Crippen molar-refractivity contribution in [3.63, 3.8) is 0 Å². The van der Waals surface area contributed by atoms with Crippen LogP contribution in [0.1, 0.15) is 19.8 Å². The van der Waals surface area contributed by atoms with E-state index in [2.05, 4.69) is 34.7 Å². The molecule has 0 amide bonds. The van der Waals surface area contributed by atoms with E-state index in [1.807, 2.05) is 0 Å². The van der Waals surface area contributed by atoms with Crippen LogP contribution in [-0.2, 0) is 4.74 Å². The maximum atomic E-state index is 5.08. The number of rotatable bonds is 7. The van der Waals surface area contributed by atoms with E-state index < -0.39 is 0 Å². The van der Waals surface area contributed by atoms with Crippen LogP contribution in [0, 0.1) is 0 Å². The van der Waals surface area contributed by atoms with Gasteiger partial charge >= 0.3 is 0 Å². The first-order chi connectivity index (χ1) is 5.70. The van der Waals surface area contributed by atoms with E-state index in [1.54, 1.807) is 7.11 Å². The number of halogens is 1. The third-order valence-electron chi connectivity index (χ3n) is 1.59. The van der Waals surface area contributed by atoms with Gasteiger partial charge in [0.2, 0.25) is 0 Å². The molecular formula is C9H18BrNO. The van der Waals surface area contributed by atoms with Crippen molar-refractivity contribution >= 4 is 15.9 Å². The monoisotopic (exact) mass is 235 g/mol. The zero-order valence-corrected chi connectivity index (χ0v) is 9.49. The van der Waals surface area contributed by atoms with Crippen molar-refractivity contribution in [2.24, 2.45) is 0 Å². The molecule has 0 aromatic heterocycles. The molecule has 0 saturated carbocycles. The van der Waals surface area contributed by atoms with Crippen molar-refractivity contribution in [2.75, 3.05) is 20.3 Å². The van der Waals surface area contributed by atoms with E-state index in [0.717, 1.165) is 24.1 Å². The van der Waals surface area contributed by atoms with E-state index in [0.29, 0.717) is 6.04 Å². The van der Waals surface area contributed by atoms with E-state index in [4.69, 9.17) is 4.74 Å². The topological polar surface area (TPSA) is 21.3 Å². The van der Waals surface area contributed by atoms with Crippen LogP contribution >= 0.6 is 15.9 Å². The number of ether oxygens (including phenoxy) is 1. The lowest BCUT2D eigenvalue weighted by Gasteiger charge is -2.16. The van der Waals surface area contributed by atoms with Crippen molar-refractivity contribution in [2.45, 2.75) is 25.8 Å². The first-order valence-electron chi connectivity index (χ1n) is 4.26. The van der Waals surface area contributed by atoms with Gasteiger partial charge < -0.3 is 10.1 Å². The Bertz CT molecular complexity index is 122. The molecule has 0 saturated heterocycles. The normalized spacial score (nSPS) is 12.9. The minimum Gasteiger partial charge on any atom is -0.383 e. The summed E-state index contributed by atoms with van der Waals surface area (Å²) in [6.07, 6.45) is 2.32. The average molecular weight is 236 g/mol. The fourth-order valence-electron chi connectivity index (χ4n) is 1.05. The summed E-state index contributed by atoms with van der Waals surface area (Å²) >= 11 is 3.31. The van der Waals surface area contributed by atoms with Crippen LogP contribution in [-0.4, -0.2) is 26.3 Å². The molecule has 0 aliphatic rings. The highest BCUT2D eigenvalue weighted by molar-refractivity contribution is 9.11. The quantitative estimate of drug-likeness (QED) is 0.732. The molecule has 0 aliphatic carbocycles. The molecule has 72 valence electrons. The zero-order chi connectivity index (χ0) is 9.40. The standard InChI is InChI=1S/C9H18BrNO/c1-4-5-9(7-12-3)11-6-8(2)10/h9,11H,2,4-7H2,1,3H3. The van der Waals surface area contributed by atoms with Crippen molar-refractivity contribution in [1.82, 2.24) is 5.32 Å². The summed E-state index contributed by atoms with van der Waals surface area (Å²) in [5.74, 6) is 0. The predicted octanol–water partition coefficient (Wildman–Crippen LogP) is 2.30. The highest BCUT2D eigenvalue weighted by atomic mass is 79.9. The molecule has 0 rings (SSSR count). The van der Waals surface area contributed by atoms with Gasteiger partial charge in [-0.3, -0.25) is 0 Å². The zero-order valence-electron chi connectivity index (χ0n) is 7.90. The summed E-state index contributed by atoms with van der Waals surface area (Å²) in [5, 5.41) is 3.35. The van der Waals surface area contributed by atoms with E-state index in [9.17, 15) is 0 Å². The molecule has 0 fully saturated rings. The van der Waals surface area contributed by atoms with Crippen LogP contribution in [0.15, 0.2) is 11.1 Å². The lowest BCUT2D eigenvalue weighted by Crippen LogP contribution is -2.33. The van der Waals surface area contributed by atoms with Crippen LogP contribution in [0.4, 0.5) is 0 Å². The fraction of sp³-hybridized carbons (Fsp3) is 0.778. The van der Waals surface area contributed by atoms with Crippen LogP contribution in [0.2, 0.25) is 0 Å². The smallest absolute Gasteiger partial charge is 0.0615 e. The third kappa shape index (κ3) is 6.83. The Morgan fingerprint density at radius 1 is 1.67 bits per heavy atom. The molecule has 2 nitrogen and oxygen atoms in total. The Labute approximate surface area is 83.5 Å². The van der Waals surface area contributed by atoms with Crippen molar-refractivity contribution < 1.29 is 4.74 Å². The number of nitrogens with one attached hydrogen (secondary N) is 1. The van der Waals surface area contributed by atoms with E-state index in [1.165, 1.54) is 6.42 Å². The van der Waals surface area contributed by atoms with Gasteiger partial charge in [0.25, 0.3) is 0 Å². The number of hydrogen-bond acceptors (Lipinski definition) is 2. The van der Waals surface area contributed by atoms with E-state index >= 15 is 0 Å². The summed E-state index contributed by atoms with van der Waals surface area (Å²) in [4.78, 5) is 0. The van der Waals surface area contributed by atoms with Crippen molar-refractivity contribution in [3.8, 4) is 0 Å². The summed E-state index contributed by atoms with van der Waals surface area (Å²) in [7, 11) is 1.73. The summed E-state index contributed by atoms with van der Waals surface area (Å²) in [5.41, 5.74) is 0. The van der Waals surface area contributed by atoms with Gasteiger partial charge in [0, 0.05) is 24.2 Å². The Hall–Kier alpha value is 0.140. The van der Waals surface area contributed by atoms with Crippen LogP contribution < -0.4 is 5.32 Å². The molecule has 1 unspecified atom stereocenters. The Kier molecular flexibility index (Phi) is 7.86. The lowest BCUT2D eigenvalue weighted by molar-refractivity contribution is 0.164. The average Bonchev–Trinajstić information content (AvgIpc) is 2.01. The molecule has 0 radical (unpaired) electrons. The second-order valence-electron chi connectivity index (χ2n) is 2.84. The van der Waals surface area contributed by atoms with Gasteiger partial charge in [0.1, 0.15) is 0 Å². The molecule has 3 heteroatoms. The molecular weight excluding hydrogens is 218 g/mol. The largest absolute Gasteiger partial charge is 0.383 e. The molecule has 0 aliphatic heterocycles. The second kappa shape index (κ2) is 7.77. The summed E-state index contributed by atoms with van der Waals surface area (Å²) in [6.45, 7) is 7.52. The van der Waals surface area contributed by atoms with Crippen LogP contribution in [0.25, 0.3) is 0 Å². The Balaban J connectivity index is 3.54. The Morgan fingerprint density at radius 2 is 2.33 bits per heavy atom. The second-order valence-corrected chi connectivity index (χ2v) is 3.96.